The molecule has 0 radical (unpaired) electrons. The van der Waals surface area contributed by atoms with Gasteiger partial charge >= 0.3 is 6.18 Å². The van der Waals surface area contributed by atoms with Crippen molar-refractivity contribution < 1.29 is 26.4 Å². The van der Waals surface area contributed by atoms with Gasteiger partial charge in [-0.3, -0.25) is 4.79 Å². The Kier molecular flexibility index (Phi) is 5.62. The maximum Gasteiger partial charge on any atom is 0.402 e. The lowest BCUT2D eigenvalue weighted by Crippen LogP contribution is -2.51. The normalized spacial score (nSPS) is 17.1. The number of alkyl halides is 3. The Morgan fingerprint density at radius 2 is 1.84 bits per heavy atom. The minimum absolute atomic E-state index is 0.141. The minimum Gasteiger partial charge on any atom is -0.398 e. The Hall–Kier alpha value is -1.81. The van der Waals surface area contributed by atoms with Gasteiger partial charge in [0.05, 0.1) is 11.8 Å². The van der Waals surface area contributed by atoms with E-state index < -0.39 is 28.8 Å². The Morgan fingerprint density at radius 1 is 1.28 bits per heavy atom. The standard InChI is InChI=1S/C15H20F3N3O3S/c1-25(23,24)21(10-15(16,17)18)11-6-8-20(9-7-11)14(22)12-4-2-3-5-13(12)19/h2-5,11H,6-10,19H2,1H3. The maximum atomic E-state index is 12.7. The summed E-state index contributed by atoms with van der Waals surface area (Å²) in [6.07, 6.45) is -3.57. The first-order valence-electron chi connectivity index (χ1n) is 7.66. The molecule has 1 aliphatic rings. The van der Waals surface area contributed by atoms with Crippen molar-refractivity contribution in [1.29, 1.82) is 0 Å². The van der Waals surface area contributed by atoms with E-state index in [0.29, 0.717) is 15.6 Å². The molecule has 140 valence electrons. The zero-order chi connectivity index (χ0) is 18.8. The van der Waals surface area contributed by atoms with Crippen LogP contribution in [-0.2, 0) is 10.0 Å². The van der Waals surface area contributed by atoms with Gasteiger partial charge in [-0.15, -0.1) is 0 Å². The number of amides is 1. The molecule has 1 fully saturated rings. The lowest BCUT2D eigenvalue weighted by Gasteiger charge is -2.37. The van der Waals surface area contributed by atoms with Gasteiger partial charge in [0.15, 0.2) is 0 Å². The first-order valence-corrected chi connectivity index (χ1v) is 9.51. The number of carbonyl (C=O) groups excluding carboxylic acids is 1. The highest BCUT2D eigenvalue weighted by molar-refractivity contribution is 7.88. The highest BCUT2D eigenvalue weighted by Gasteiger charge is 2.40. The fraction of sp³-hybridized carbons (Fsp3) is 0.533. The number of hydrogen-bond donors (Lipinski definition) is 1. The molecule has 0 saturated carbocycles. The minimum atomic E-state index is -4.62. The highest BCUT2D eigenvalue weighted by atomic mass is 32.2. The number of nitrogens with two attached hydrogens (primary N) is 1. The van der Waals surface area contributed by atoms with Crippen LogP contribution in [0.1, 0.15) is 23.2 Å². The number of piperidine rings is 1. The molecule has 10 heteroatoms. The van der Waals surface area contributed by atoms with Crippen molar-refractivity contribution in [1.82, 2.24) is 9.21 Å². The molecule has 0 aliphatic carbocycles. The number of anilines is 1. The van der Waals surface area contributed by atoms with Gasteiger partial charge in [-0.2, -0.15) is 17.5 Å². The SMILES string of the molecule is CS(=O)(=O)N(CC(F)(F)F)C1CCN(C(=O)c2ccccc2N)CC1. The van der Waals surface area contributed by atoms with Crippen molar-refractivity contribution in [3.05, 3.63) is 29.8 Å². The molecule has 1 saturated heterocycles. The Morgan fingerprint density at radius 3 is 2.32 bits per heavy atom. The van der Waals surface area contributed by atoms with Crippen molar-refractivity contribution in [3.63, 3.8) is 0 Å². The first kappa shape index (κ1) is 19.5. The van der Waals surface area contributed by atoms with Crippen LogP contribution >= 0.6 is 0 Å². The average molecular weight is 379 g/mol. The van der Waals surface area contributed by atoms with Gasteiger partial charge in [0.25, 0.3) is 5.91 Å². The van der Waals surface area contributed by atoms with E-state index in [1.54, 1.807) is 24.3 Å². The predicted octanol–water partition coefficient (Wildman–Crippen LogP) is 1.70. The van der Waals surface area contributed by atoms with Crippen LogP contribution in [0, 0.1) is 0 Å². The summed E-state index contributed by atoms with van der Waals surface area (Å²) in [4.78, 5) is 13.9. The average Bonchev–Trinajstić information content (AvgIpc) is 2.51. The summed E-state index contributed by atoms with van der Waals surface area (Å²) < 4.78 is 61.9. The van der Waals surface area contributed by atoms with Gasteiger partial charge in [0, 0.05) is 24.8 Å². The number of nitrogen functional groups attached to an aromatic ring is 1. The summed E-state index contributed by atoms with van der Waals surface area (Å²) in [5.41, 5.74) is 6.42. The lowest BCUT2D eigenvalue weighted by atomic mass is 10.0. The topological polar surface area (TPSA) is 83.7 Å². The highest BCUT2D eigenvalue weighted by Crippen LogP contribution is 2.26. The molecule has 2 N–H and O–H groups in total. The fourth-order valence-corrected chi connectivity index (χ4v) is 4.05. The van der Waals surface area contributed by atoms with Crippen molar-refractivity contribution in [2.24, 2.45) is 0 Å². The van der Waals surface area contributed by atoms with E-state index in [1.807, 2.05) is 0 Å². The van der Waals surface area contributed by atoms with E-state index in [2.05, 4.69) is 0 Å². The van der Waals surface area contributed by atoms with Gasteiger partial charge in [0.1, 0.15) is 6.54 Å². The zero-order valence-electron chi connectivity index (χ0n) is 13.7. The van der Waals surface area contributed by atoms with Crippen LogP contribution in [0.15, 0.2) is 24.3 Å². The molecule has 1 aromatic carbocycles. The van der Waals surface area contributed by atoms with Crippen LogP contribution in [0.2, 0.25) is 0 Å². The summed E-state index contributed by atoms with van der Waals surface area (Å²) in [6.45, 7) is -1.18. The summed E-state index contributed by atoms with van der Waals surface area (Å²) in [7, 11) is -4.00. The first-order chi connectivity index (χ1) is 11.5. The molecule has 2 rings (SSSR count). The van der Waals surface area contributed by atoms with Crippen molar-refractivity contribution >= 4 is 21.6 Å². The van der Waals surface area contributed by atoms with Crippen molar-refractivity contribution in [2.75, 3.05) is 31.6 Å². The molecule has 1 aromatic rings. The second kappa shape index (κ2) is 7.20. The second-order valence-electron chi connectivity index (χ2n) is 6.03. The number of sulfonamides is 1. The van der Waals surface area contributed by atoms with Crippen LogP contribution in [0.5, 0.6) is 0 Å². The Balaban J connectivity index is 2.07. The monoisotopic (exact) mass is 379 g/mol. The van der Waals surface area contributed by atoms with Crippen LogP contribution in [-0.4, -0.2) is 61.6 Å². The molecule has 0 spiro atoms. The van der Waals surface area contributed by atoms with Gasteiger partial charge in [-0.1, -0.05) is 12.1 Å². The van der Waals surface area contributed by atoms with Gasteiger partial charge in [0.2, 0.25) is 10.0 Å². The number of hydrogen-bond acceptors (Lipinski definition) is 4. The number of rotatable bonds is 4. The van der Waals surface area contributed by atoms with Crippen LogP contribution in [0.25, 0.3) is 0 Å². The van der Waals surface area contributed by atoms with Gasteiger partial charge in [-0.05, 0) is 25.0 Å². The molecule has 1 heterocycles. The van der Waals surface area contributed by atoms with Gasteiger partial charge in [-0.25, -0.2) is 8.42 Å². The van der Waals surface area contributed by atoms with Crippen LogP contribution < -0.4 is 5.73 Å². The Labute approximate surface area is 144 Å². The molecule has 25 heavy (non-hydrogen) atoms. The second-order valence-corrected chi connectivity index (χ2v) is 7.97. The number of carbonyl (C=O) groups is 1. The number of nitrogens with zero attached hydrogens (tertiary/aromatic N) is 2. The van der Waals surface area contributed by atoms with E-state index >= 15 is 0 Å². The number of benzene rings is 1. The molecule has 0 aromatic heterocycles. The predicted molar refractivity (Wildman–Crippen MR) is 87.4 cm³/mol. The molecule has 0 unspecified atom stereocenters. The van der Waals surface area contributed by atoms with Crippen molar-refractivity contribution in [2.45, 2.75) is 25.1 Å². The number of halogens is 3. The van der Waals surface area contributed by atoms with E-state index in [-0.39, 0.29) is 31.8 Å². The molecular weight excluding hydrogens is 359 g/mol. The largest absolute Gasteiger partial charge is 0.402 e. The zero-order valence-corrected chi connectivity index (χ0v) is 14.5. The van der Waals surface area contributed by atoms with E-state index in [9.17, 15) is 26.4 Å². The third kappa shape index (κ3) is 5.08. The van der Waals surface area contributed by atoms with Crippen LogP contribution in [0.4, 0.5) is 18.9 Å². The molecule has 1 aliphatic heterocycles. The smallest absolute Gasteiger partial charge is 0.398 e. The van der Waals surface area contributed by atoms with E-state index in [1.165, 1.54) is 4.90 Å². The molecular formula is C15H20F3N3O3S. The molecule has 0 bridgehead atoms. The molecule has 6 nitrogen and oxygen atoms in total. The number of likely N-dealkylation sites (tertiary alicyclic amines) is 1. The maximum absolute atomic E-state index is 12.7. The molecule has 0 atom stereocenters. The van der Waals surface area contributed by atoms with Gasteiger partial charge < -0.3 is 10.6 Å². The van der Waals surface area contributed by atoms with E-state index in [4.69, 9.17) is 5.73 Å². The lowest BCUT2D eigenvalue weighted by molar-refractivity contribution is -0.140. The van der Waals surface area contributed by atoms with E-state index in [0.717, 1.165) is 6.26 Å². The summed E-state index contributed by atoms with van der Waals surface area (Å²) in [5, 5.41) is 0. The Bertz CT molecular complexity index is 729. The summed E-state index contributed by atoms with van der Waals surface area (Å²) >= 11 is 0. The summed E-state index contributed by atoms with van der Waals surface area (Å²) in [6, 6.07) is 5.75. The van der Waals surface area contributed by atoms with Crippen LogP contribution in [0.3, 0.4) is 0 Å². The third-order valence-corrected chi connectivity index (χ3v) is 5.39. The summed E-state index contributed by atoms with van der Waals surface area (Å²) in [5.74, 6) is -0.307. The molecule has 1 amide bonds. The fourth-order valence-electron chi connectivity index (χ4n) is 2.91. The van der Waals surface area contributed by atoms with Crippen molar-refractivity contribution in [3.8, 4) is 0 Å². The number of para-hydroxylation sites is 1. The quantitative estimate of drug-likeness (QED) is 0.807. The third-order valence-electron chi connectivity index (χ3n) is 4.11.